The summed E-state index contributed by atoms with van der Waals surface area (Å²) in [4.78, 5) is 0. The summed E-state index contributed by atoms with van der Waals surface area (Å²) in [5.74, 6) is 0.937. The van der Waals surface area contributed by atoms with E-state index in [0.717, 1.165) is 28.1 Å². The van der Waals surface area contributed by atoms with Gasteiger partial charge < -0.3 is 9.73 Å². The number of nitrogens with one attached hydrogen (secondary N) is 1. The molecule has 2 heterocycles. The van der Waals surface area contributed by atoms with Crippen LogP contribution in [0.15, 0.2) is 34.7 Å². The van der Waals surface area contributed by atoms with Gasteiger partial charge in [0.1, 0.15) is 11.3 Å². The van der Waals surface area contributed by atoms with E-state index in [-0.39, 0.29) is 0 Å². The van der Waals surface area contributed by atoms with Gasteiger partial charge in [0, 0.05) is 11.4 Å². The summed E-state index contributed by atoms with van der Waals surface area (Å²) < 4.78 is 7.89. The van der Waals surface area contributed by atoms with Crippen molar-refractivity contribution in [1.29, 1.82) is 0 Å². The highest BCUT2D eigenvalue weighted by Gasteiger charge is 2.13. The number of aromatic nitrogens is 2. The molecule has 21 heavy (non-hydrogen) atoms. The molecule has 0 radical (unpaired) electrons. The molecule has 110 valence electrons. The van der Waals surface area contributed by atoms with Crippen LogP contribution in [0.1, 0.15) is 37.0 Å². The highest BCUT2D eigenvalue weighted by Crippen LogP contribution is 2.24. The summed E-state index contributed by atoms with van der Waals surface area (Å²) in [6.07, 6.45) is 0. The molecule has 3 aromatic rings. The lowest BCUT2D eigenvalue weighted by Gasteiger charge is -2.09. The van der Waals surface area contributed by atoms with Crippen LogP contribution in [0.3, 0.4) is 0 Å². The summed E-state index contributed by atoms with van der Waals surface area (Å²) in [7, 11) is 0. The highest BCUT2D eigenvalue weighted by atomic mass is 16.3. The first kappa shape index (κ1) is 13.7. The Kier molecular flexibility index (Phi) is 3.45. The van der Waals surface area contributed by atoms with Crippen LogP contribution >= 0.6 is 0 Å². The lowest BCUT2D eigenvalue weighted by Crippen LogP contribution is -2.06. The maximum Gasteiger partial charge on any atom is 0.134 e. The van der Waals surface area contributed by atoms with E-state index in [4.69, 9.17) is 4.42 Å². The van der Waals surface area contributed by atoms with Crippen molar-refractivity contribution in [2.45, 2.75) is 40.3 Å². The summed E-state index contributed by atoms with van der Waals surface area (Å²) in [5.41, 5.74) is 4.22. The van der Waals surface area contributed by atoms with Crippen LogP contribution in [-0.2, 0) is 6.54 Å². The molecular weight excluding hydrogens is 262 g/mol. The maximum absolute atomic E-state index is 5.83. The summed E-state index contributed by atoms with van der Waals surface area (Å²) in [5, 5.41) is 9.18. The van der Waals surface area contributed by atoms with E-state index in [0.29, 0.717) is 12.6 Å². The van der Waals surface area contributed by atoms with Gasteiger partial charge in [-0.15, -0.1) is 0 Å². The fraction of sp³-hybridized carbons (Fsp3) is 0.353. The van der Waals surface area contributed by atoms with Crippen molar-refractivity contribution in [2.24, 2.45) is 0 Å². The third-order valence-corrected chi connectivity index (χ3v) is 3.73. The van der Waals surface area contributed by atoms with Crippen LogP contribution in [0, 0.1) is 13.8 Å². The first-order valence-electron chi connectivity index (χ1n) is 7.33. The molecule has 0 aliphatic carbocycles. The monoisotopic (exact) mass is 283 g/mol. The normalized spacial score (nSPS) is 11.5. The molecule has 1 aromatic carbocycles. The van der Waals surface area contributed by atoms with Gasteiger partial charge in [-0.05, 0) is 39.8 Å². The quantitative estimate of drug-likeness (QED) is 0.769. The molecule has 0 spiro atoms. The Balaban J connectivity index is 1.81. The second-order valence-electron chi connectivity index (χ2n) is 5.69. The van der Waals surface area contributed by atoms with Crippen molar-refractivity contribution < 1.29 is 4.42 Å². The maximum atomic E-state index is 5.83. The molecular formula is C17H21N3O. The Hall–Kier alpha value is -2.23. The molecule has 0 unspecified atom stereocenters. The summed E-state index contributed by atoms with van der Waals surface area (Å²) >= 11 is 0. The fourth-order valence-corrected chi connectivity index (χ4v) is 2.72. The van der Waals surface area contributed by atoms with Crippen LogP contribution in [0.2, 0.25) is 0 Å². The molecule has 3 rings (SSSR count). The number of anilines is 1. The second-order valence-corrected chi connectivity index (χ2v) is 5.69. The van der Waals surface area contributed by atoms with E-state index in [1.807, 2.05) is 25.1 Å². The fourth-order valence-electron chi connectivity index (χ4n) is 2.72. The van der Waals surface area contributed by atoms with Crippen LogP contribution in [0.25, 0.3) is 11.0 Å². The van der Waals surface area contributed by atoms with Crippen molar-refractivity contribution in [3.05, 3.63) is 47.5 Å². The van der Waals surface area contributed by atoms with Crippen molar-refractivity contribution in [1.82, 2.24) is 9.78 Å². The lowest BCUT2D eigenvalue weighted by molar-refractivity contribution is 0.516. The van der Waals surface area contributed by atoms with Gasteiger partial charge in [0.15, 0.2) is 0 Å². The van der Waals surface area contributed by atoms with Crippen LogP contribution in [-0.4, -0.2) is 9.78 Å². The molecule has 0 fully saturated rings. The van der Waals surface area contributed by atoms with Crippen LogP contribution < -0.4 is 5.32 Å². The first-order valence-corrected chi connectivity index (χ1v) is 7.33. The predicted molar refractivity (Wildman–Crippen MR) is 85.6 cm³/mol. The third kappa shape index (κ3) is 2.53. The number of benzene rings is 1. The molecule has 0 aliphatic rings. The molecule has 0 amide bonds. The average Bonchev–Trinajstić information content (AvgIpc) is 2.98. The van der Waals surface area contributed by atoms with Gasteiger partial charge in [-0.1, -0.05) is 18.2 Å². The van der Waals surface area contributed by atoms with Gasteiger partial charge in [0.2, 0.25) is 0 Å². The number of rotatable bonds is 4. The van der Waals surface area contributed by atoms with E-state index >= 15 is 0 Å². The van der Waals surface area contributed by atoms with Gasteiger partial charge >= 0.3 is 0 Å². The summed E-state index contributed by atoms with van der Waals surface area (Å²) in [6.45, 7) is 9.08. The lowest BCUT2D eigenvalue weighted by atomic mass is 10.2. The number of fused-ring (bicyclic) bond motifs is 1. The van der Waals surface area contributed by atoms with E-state index in [2.05, 4.69) is 48.0 Å². The van der Waals surface area contributed by atoms with E-state index in [1.54, 1.807) is 0 Å². The Morgan fingerprint density at radius 1 is 1.24 bits per heavy atom. The minimum Gasteiger partial charge on any atom is -0.459 e. The van der Waals surface area contributed by atoms with Gasteiger partial charge in [-0.25, -0.2) is 0 Å². The van der Waals surface area contributed by atoms with Crippen molar-refractivity contribution in [2.75, 3.05) is 5.32 Å². The Bertz CT molecular complexity index is 735. The number of hydrogen-bond donors (Lipinski definition) is 1. The van der Waals surface area contributed by atoms with Crippen LogP contribution in [0.4, 0.5) is 5.69 Å². The van der Waals surface area contributed by atoms with Gasteiger partial charge in [0.25, 0.3) is 0 Å². The van der Waals surface area contributed by atoms with Crippen LogP contribution in [0.5, 0.6) is 0 Å². The molecule has 0 bridgehead atoms. The second kappa shape index (κ2) is 5.28. The zero-order valence-corrected chi connectivity index (χ0v) is 13.0. The minimum atomic E-state index is 0.366. The van der Waals surface area contributed by atoms with Crippen molar-refractivity contribution in [3.63, 3.8) is 0 Å². The van der Waals surface area contributed by atoms with Gasteiger partial charge in [-0.3, -0.25) is 4.68 Å². The molecule has 4 heteroatoms. The zero-order chi connectivity index (χ0) is 15.0. The smallest absolute Gasteiger partial charge is 0.134 e. The van der Waals surface area contributed by atoms with Gasteiger partial charge in [0.05, 0.1) is 23.6 Å². The molecule has 2 aromatic heterocycles. The number of aryl methyl sites for hydroxylation is 1. The highest BCUT2D eigenvalue weighted by molar-refractivity contribution is 5.77. The number of nitrogens with zero attached hydrogens (tertiary/aromatic N) is 2. The zero-order valence-electron chi connectivity index (χ0n) is 13.0. The molecule has 0 aliphatic heterocycles. The summed E-state index contributed by atoms with van der Waals surface area (Å²) in [6, 6.07) is 10.5. The van der Waals surface area contributed by atoms with Crippen molar-refractivity contribution >= 4 is 16.7 Å². The SMILES string of the molecule is Cc1nn(C(C)C)c(C)c1NCc1cc2ccccc2o1. The van der Waals surface area contributed by atoms with E-state index in [1.165, 1.54) is 5.69 Å². The first-order chi connectivity index (χ1) is 10.1. The largest absolute Gasteiger partial charge is 0.459 e. The number of para-hydroxylation sites is 1. The van der Waals surface area contributed by atoms with E-state index in [9.17, 15) is 0 Å². The molecule has 0 saturated heterocycles. The standard InChI is InChI=1S/C17H21N3O/c1-11(2)20-13(4)17(12(3)19-20)18-10-15-9-14-7-5-6-8-16(14)21-15/h5-9,11,18H,10H2,1-4H3. The molecule has 4 nitrogen and oxygen atoms in total. The Morgan fingerprint density at radius 2 is 2.00 bits per heavy atom. The number of furan rings is 1. The van der Waals surface area contributed by atoms with E-state index < -0.39 is 0 Å². The average molecular weight is 283 g/mol. The Morgan fingerprint density at radius 3 is 2.67 bits per heavy atom. The molecule has 0 saturated carbocycles. The van der Waals surface area contributed by atoms with Gasteiger partial charge in [-0.2, -0.15) is 5.10 Å². The van der Waals surface area contributed by atoms with Crippen molar-refractivity contribution in [3.8, 4) is 0 Å². The molecule has 0 atom stereocenters. The predicted octanol–water partition coefficient (Wildman–Crippen LogP) is 4.44. The molecule has 1 N–H and O–H groups in total. The minimum absolute atomic E-state index is 0.366. The Labute approximate surface area is 124 Å². The third-order valence-electron chi connectivity index (χ3n) is 3.73. The topological polar surface area (TPSA) is 43.0 Å². The number of hydrogen-bond acceptors (Lipinski definition) is 3.